The van der Waals surface area contributed by atoms with Crippen LogP contribution in [0, 0.1) is 0 Å². The number of nitrogens with zero attached hydrogens (tertiary/aromatic N) is 3. The molecule has 6 rings (SSSR count). The maximum atomic E-state index is 14.2. The van der Waals surface area contributed by atoms with Crippen molar-refractivity contribution in [2.45, 2.75) is 19.6 Å². The fourth-order valence-corrected chi connectivity index (χ4v) is 6.29. The number of halogens is 1. The Hall–Kier alpha value is -4.46. The minimum atomic E-state index is -0.972. The summed E-state index contributed by atoms with van der Waals surface area (Å²) >= 11 is 3.70. The summed E-state index contributed by atoms with van der Waals surface area (Å²) in [5.41, 5.74) is 8.35. The summed E-state index contributed by atoms with van der Waals surface area (Å²) in [6.45, 7) is 1.99. The van der Waals surface area contributed by atoms with E-state index in [1.165, 1.54) is 5.69 Å². The lowest BCUT2D eigenvalue weighted by atomic mass is 9.91. The second-order valence-electron chi connectivity index (χ2n) is 10.8. The van der Waals surface area contributed by atoms with E-state index >= 15 is 0 Å². The van der Waals surface area contributed by atoms with Gasteiger partial charge in [0.25, 0.3) is 5.91 Å². The number of carboxylic acids is 1. The quantitative estimate of drug-likeness (QED) is 0.213. The zero-order valence-electron chi connectivity index (χ0n) is 23.4. The van der Waals surface area contributed by atoms with Crippen LogP contribution >= 0.6 is 15.9 Å². The highest BCUT2D eigenvalue weighted by molar-refractivity contribution is 9.10. The number of hydrogen-bond donors (Lipinski definition) is 1. The molecule has 1 aromatic heterocycles. The molecular formula is C35H30BrN3O3. The molecule has 6 nitrogen and oxygen atoms in total. The van der Waals surface area contributed by atoms with Crippen LogP contribution in [0.15, 0.2) is 108 Å². The lowest BCUT2D eigenvalue weighted by molar-refractivity contribution is 0.0697. The Morgan fingerprint density at radius 3 is 2.21 bits per heavy atom. The van der Waals surface area contributed by atoms with E-state index < -0.39 is 5.97 Å². The van der Waals surface area contributed by atoms with Gasteiger partial charge in [0.05, 0.1) is 17.7 Å². The molecule has 0 bridgehead atoms. The summed E-state index contributed by atoms with van der Waals surface area (Å²) in [5.74, 6) is -1.06. The number of rotatable bonds is 6. The third-order valence-corrected chi connectivity index (χ3v) is 8.36. The summed E-state index contributed by atoms with van der Waals surface area (Å²) in [4.78, 5) is 30.2. The van der Waals surface area contributed by atoms with Crippen molar-refractivity contribution in [2.24, 2.45) is 0 Å². The number of carboxylic acid groups (broad SMARTS) is 1. The second-order valence-corrected chi connectivity index (χ2v) is 11.6. The molecule has 0 unspecified atom stereocenters. The van der Waals surface area contributed by atoms with E-state index in [0.29, 0.717) is 28.7 Å². The lowest BCUT2D eigenvalue weighted by Crippen LogP contribution is -2.31. The van der Waals surface area contributed by atoms with Gasteiger partial charge in [-0.3, -0.25) is 4.79 Å². The number of para-hydroxylation sites is 1. The number of aromatic nitrogens is 1. The highest BCUT2D eigenvalue weighted by Crippen LogP contribution is 2.37. The smallest absolute Gasteiger partial charge is 0.336 e. The van der Waals surface area contributed by atoms with Crippen LogP contribution in [0.2, 0.25) is 0 Å². The third-order valence-electron chi connectivity index (χ3n) is 7.70. The highest BCUT2D eigenvalue weighted by atomic mass is 79.9. The molecule has 4 aromatic carbocycles. The van der Waals surface area contributed by atoms with Crippen molar-refractivity contribution >= 4 is 33.5 Å². The first kappa shape index (κ1) is 27.7. The average Bonchev–Trinajstić information content (AvgIpc) is 3.26. The van der Waals surface area contributed by atoms with Crippen molar-refractivity contribution in [3.8, 4) is 22.3 Å². The number of fused-ring (bicyclic) bond motifs is 2. The monoisotopic (exact) mass is 619 g/mol. The molecule has 7 heteroatoms. The molecule has 1 N–H and O–H groups in total. The Morgan fingerprint density at radius 2 is 1.48 bits per heavy atom. The number of carbonyl (C=O) groups excluding carboxylic acids is 1. The number of aromatic carboxylic acids is 1. The fourth-order valence-electron chi connectivity index (χ4n) is 5.74. The first-order chi connectivity index (χ1) is 20.3. The van der Waals surface area contributed by atoms with Crippen molar-refractivity contribution in [1.29, 1.82) is 0 Å². The van der Waals surface area contributed by atoms with Gasteiger partial charge in [-0.05, 0) is 94.2 Å². The first-order valence-electron chi connectivity index (χ1n) is 13.7. The van der Waals surface area contributed by atoms with Gasteiger partial charge in [-0.25, -0.2) is 4.79 Å². The molecular weight excluding hydrogens is 590 g/mol. The zero-order chi connectivity index (χ0) is 29.4. The number of benzene rings is 4. The third kappa shape index (κ3) is 5.17. The summed E-state index contributed by atoms with van der Waals surface area (Å²) in [7, 11) is 4.12. The summed E-state index contributed by atoms with van der Waals surface area (Å²) in [5, 5.41) is 9.79. The van der Waals surface area contributed by atoms with Crippen molar-refractivity contribution in [3.05, 3.63) is 136 Å². The van der Waals surface area contributed by atoms with Crippen LogP contribution in [-0.4, -0.2) is 40.5 Å². The van der Waals surface area contributed by atoms with Crippen molar-refractivity contribution in [1.82, 2.24) is 9.47 Å². The van der Waals surface area contributed by atoms with E-state index in [1.54, 1.807) is 12.1 Å². The number of anilines is 1. The van der Waals surface area contributed by atoms with E-state index in [0.717, 1.165) is 40.2 Å². The van der Waals surface area contributed by atoms with Crippen LogP contribution in [0.25, 0.3) is 22.3 Å². The van der Waals surface area contributed by atoms with Crippen LogP contribution in [0.5, 0.6) is 0 Å². The summed E-state index contributed by atoms with van der Waals surface area (Å²) in [6.07, 6.45) is 0. The molecule has 0 aliphatic carbocycles. The molecule has 1 aliphatic heterocycles. The minimum Gasteiger partial charge on any atom is -0.478 e. The van der Waals surface area contributed by atoms with Gasteiger partial charge in [0, 0.05) is 34.6 Å². The number of amides is 1. The van der Waals surface area contributed by atoms with E-state index in [2.05, 4.69) is 57.7 Å². The highest BCUT2D eigenvalue weighted by Gasteiger charge is 2.27. The SMILES string of the molecule is CN(C)Cc1ccc2n1Cc1ccccc1N(C(=O)c1ccc(-c3ccccc3-c3ccccc3C(=O)O)cc1Br)C2. The fraction of sp³-hybridized carbons (Fsp3) is 0.143. The minimum absolute atomic E-state index is 0.0887. The van der Waals surface area contributed by atoms with E-state index in [9.17, 15) is 14.7 Å². The van der Waals surface area contributed by atoms with E-state index in [1.807, 2.05) is 77.7 Å². The molecule has 0 atom stereocenters. The molecule has 2 heterocycles. The molecule has 0 saturated carbocycles. The van der Waals surface area contributed by atoms with Gasteiger partial charge in [0.15, 0.2) is 0 Å². The number of hydrogen-bond acceptors (Lipinski definition) is 3. The lowest BCUT2D eigenvalue weighted by Gasteiger charge is -2.23. The van der Waals surface area contributed by atoms with Crippen LogP contribution < -0.4 is 4.90 Å². The van der Waals surface area contributed by atoms with Gasteiger partial charge in [-0.15, -0.1) is 0 Å². The Bertz CT molecular complexity index is 1820. The van der Waals surface area contributed by atoms with E-state index in [4.69, 9.17) is 0 Å². The molecule has 1 amide bonds. The zero-order valence-corrected chi connectivity index (χ0v) is 25.0. The van der Waals surface area contributed by atoms with Crippen LogP contribution in [0.3, 0.4) is 0 Å². The normalized spacial score (nSPS) is 12.5. The van der Waals surface area contributed by atoms with Gasteiger partial charge in [-0.2, -0.15) is 0 Å². The maximum Gasteiger partial charge on any atom is 0.336 e. The number of carbonyl (C=O) groups is 2. The maximum absolute atomic E-state index is 14.2. The van der Waals surface area contributed by atoms with Crippen LogP contribution in [-0.2, 0) is 19.6 Å². The van der Waals surface area contributed by atoms with Crippen molar-refractivity contribution in [3.63, 3.8) is 0 Å². The molecule has 0 spiro atoms. The Labute approximate surface area is 253 Å². The largest absolute Gasteiger partial charge is 0.478 e. The molecule has 0 radical (unpaired) electrons. The van der Waals surface area contributed by atoms with Crippen LogP contribution in [0.4, 0.5) is 5.69 Å². The van der Waals surface area contributed by atoms with Gasteiger partial charge < -0.3 is 19.5 Å². The molecule has 42 heavy (non-hydrogen) atoms. The Morgan fingerprint density at radius 1 is 0.786 bits per heavy atom. The second kappa shape index (κ2) is 11.4. The molecule has 210 valence electrons. The average molecular weight is 621 g/mol. The standard InChI is InChI=1S/C35H30BrN3O3/c1-37(2)21-25-16-17-26-22-39(33-14-8-3-9-24(33)20-38(25)26)34(40)31-18-15-23(19-32(31)36)27-10-4-5-11-28(27)29-12-6-7-13-30(29)35(41)42/h3-19H,20-22H2,1-2H3,(H,41,42). The molecule has 0 fully saturated rings. The van der Waals surface area contributed by atoms with E-state index in [-0.39, 0.29) is 11.5 Å². The van der Waals surface area contributed by atoms with Crippen LogP contribution in [0.1, 0.15) is 37.7 Å². The molecule has 1 aliphatic rings. The molecule has 5 aromatic rings. The first-order valence-corrected chi connectivity index (χ1v) is 14.5. The van der Waals surface area contributed by atoms with Gasteiger partial charge in [-0.1, -0.05) is 66.7 Å². The summed E-state index contributed by atoms with van der Waals surface area (Å²) < 4.78 is 2.99. The summed E-state index contributed by atoms with van der Waals surface area (Å²) in [6, 6.07) is 32.9. The van der Waals surface area contributed by atoms with Crippen molar-refractivity contribution in [2.75, 3.05) is 19.0 Å². The van der Waals surface area contributed by atoms with Gasteiger partial charge in [0.1, 0.15) is 0 Å². The van der Waals surface area contributed by atoms with Gasteiger partial charge in [0.2, 0.25) is 0 Å². The molecule has 0 saturated heterocycles. The van der Waals surface area contributed by atoms with Crippen molar-refractivity contribution < 1.29 is 14.7 Å². The predicted molar refractivity (Wildman–Crippen MR) is 170 cm³/mol. The Balaban J connectivity index is 1.38. The Kier molecular flexibility index (Phi) is 7.54. The predicted octanol–water partition coefficient (Wildman–Crippen LogP) is 7.55. The topological polar surface area (TPSA) is 65.8 Å². The van der Waals surface area contributed by atoms with Gasteiger partial charge >= 0.3 is 5.97 Å².